The zero-order valence-corrected chi connectivity index (χ0v) is 17.5. The van der Waals surface area contributed by atoms with E-state index in [0.717, 1.165) is 5.56 Å². The van der Waals surface area contributed by atoms with Crippen molar-refractivity contribution in [2.24, 2.45) is 4.99 Å². The average Bonchev–Trinajstić information content (AvgIpc) is 2.99. The Hall–Kier alpha value is -1.49. The first kappa shape index (κ1) is 22.6. The van der Waals surface area contributed by atoms with Crippen LogP contribution in [0.2, 0.25) is 0 Å². The van der Waals surface area contributed by atoms with Gasteiger partial charge in [-0.25, -0.2) is 0 Å². The first-order valence-electron chi connectivity index (χ1n) is 7.64. The fourth-order valence-corrected chi connectivity index (χ4v) is 2.86. The fraction of sp³-hybridized carbons (Fsp3) is 0.353. The van der Waals surface area contributed by atoms with Crippen molar-refractivity contribution in [3.63, 3.8) is 0 Å². The van der Waals surface area contributed by atoms with Crippen molar-refractivity contribution in [1.29, 1.82) is 0 Å². The molecule has 2 aromatic rings. The van der Waals surface area contributed by atoms with Gasteiger partial charge in [-0.3, -0.25) is 4.99 Å². The molecular formula is C17H21F3IN3OS. The van der Waals surface area contributed by atoms with E-state index in [-0.39, 0.29) is 29.7 Å². The van der Waals surface area contributed by atoms with E-state index in [4.69, 9.17) is 0 Å². The second-order valence-corrected chi connectivity index (χ2v) is 6.71. The number of hydrogen-bond acceptors (Lipinski definition) is 3. The highest BCUT2D eigenvalue weighted by atomic mass is 127. The molecule has 0 saturated heterocycles. The topological polar surface area (TPSA) is 45.7 Å². The SMILES string of the molecule is CN=C(NCc1ccc(OCC(F)(F)F)cc1)NCc1ccc(C)s1.I. The van der Waals surface area contributed by atoms with E-state index in [9.17, 15) is 13.2 Å². The molecule has 0 unspecified atom stereocenters. The number of nitrogens with one attached hydrogen (secondary N) is 2. The number of nitrogens with zero attached hydrogens (tertiary/aromatic N) is 1. The number of hydrogen-bond donors (Lipinski definition) is 2. The van der Waals surface area contributed by atoms with Crippen molar-refractivity contribution in [3.05, 3.63) is 51.7 Å². The van der Waals surface area contributed by atoms with Crippen LogP contribution in [0.3, 0.4) is 0 Å². The van der Waals surface area contributed by atoms with Gasteiger partial charge in [-0.1, -0.05) is 12.1 Å². The van der Waals surface area contributed by atoms with Crippen molar-refractivity contribution < 1.29 is 17.9 Å². The van der Waals surface area contributed by atoms with E-state index >= 15 is 0 Å². The van der Waals surface area contributed by atoms with Crippen LogP contribution in [0.4, 0.5) is 13.2 Å². The average molecular weight is 499 g/mol. The van der Waals surface area contributed by atoms with Gasteiger partial charge < -0.3 is 15.4 Å². The first-order chi connectivity index (χ1) is 11.9. The molecule has 0 aliphatic carbocycles. The highest BCUT2D eigenvalue weighted by Crippen LogP contribution is 2.19. The molecule has 9 heteroatoms. The van der Waals surface area contributed by atoms with E-state index in [2.05, 4.69) is 39.4 Å². The monoisotopic (exact) mass is 499 g/mol. The van der Waals surface area contributed by atoms with Gasteiger partial charge in [0.25, 0.3) is 0 Å². The summed E-state index contributed by atoms with van der Waals surface area (Å²) in [4.78, 5) is 6.62. The lowest BCUT2D eigenvalue weighted by molar-refractivity contribution is -0.153. The van der Waals surface area contributed by atoms with Crippen LogP contribution < -0.4 is 15.4 Å². The molecular weight excluding hydrogens is 478 g/mol. The van der Waals surface area contributed by atoms with Gasteiger partial charge in [-0.15, -0.1) is 35.3 Å². The van der Waals surface area contributed by atoms with Crippen LogP contribution in [0.5, 0.6) is 5.75 Å². The van der Waals surface area contributed by atoms with E-state index in [0.29, 0.717) is 19.0 Å². The molecule has 1 aromatic heterocycles. The molecule has 0 spiro atoms. The highest BCUT2D eigenvalue weighted by molar-refractivity contribution is 14.0. The Morgan fingerprint density at radius 2 is 1.73 bits per heavy atom. The molecule has 144 valence electrons. The molecule has 0 amide bonds. The molecule has 1 heterocycles. The Morgan fingerprint density at radius 1 is 1.08 bits per heavy atom. The first-order valence-corrected chi connectivity index (χ1v) is 8.46. The lowest BCUT2D eigenvalue weighted by atomic mass is 10.2. The van der Waals surface area contributed by atoms with E-state index in [1.54, 1.807) is 30.5 Å². The Kier molecular flexibility index (Phi) is 9.20. The van der Waals surface area contributed by atoms with Crippen LogP contribution in [-0.4, -0.2) is 25.8 Å². The molecule has 4 nitrogen and oxygen atoms in total. The van der Waals surface area contributed by atoms with Gasteiger partial charge in [0.1, 0.15) is 5.75 Å². The third kappa shape index (κ3) is 8.26. The second-order valence-electron chi connectivity index (χ2n) is 5.34. The molecule has 0 aliphatic rings. The maximum atomic E-state index is 12.1. The molecule has 0 aliphatic heterocycles. The zero-order valence-electron chi connectivity index (χ0n) is 14.4. The van der Waals surface area contributed by atoms with E-state index < -0.39 is 12.8 Å². The summed E-state index contributed by atoms with van der Waals surface area (Å²) in [5.74, 6) is 0.847. The molecule has 2 rings (SSSR count). The molecule has 2 N–H and O–H groups in total. The number of benzene rings is 1. The largest absolute Gasteiger partial charge is 0.484 e. The fourth-order valence-electron chi connectivity index (χ4n) is 2.03. The predicted octanol–water partition coefficient (Wildman–Crippen LogP) is 4.48. The summed E-state index contributed by atoms with van der Waals surface area (Å²) in [7, 11) is 1.68. The minimum atomic E-state index is -4.33. The van der Waals surface area contributed by atoms with E-state index in [1.165, 1.54) is 21.9 Å². The van der Waals surface area contributed by atoms with Gasteiger partial charge in [0.2, 0.25) is 0 Å². The number of ether oxygens (including phenoxy) is 1. The molecule has 0 radical (unpaired) electrons. The van der Waals surface area contributed by atoms with Crippen molar-refractivity contribution in [2.75, 3.05) is 13.7 Å². The van der Waals surface area contributed by atoms with Crippen molar-refractivity contribution in [3.8, 4) is 5.75 Å². The Balaban J connectivity index is 0.00000338. The number of aryl methyl sites for hydroxylation is 1. The summed E-state index contributed by atoms with van der Waals surface area (Å²) in [6.45, 7) is 1.96. The van der Waals surface area contributed by atoms with Gasteiger partial charge in [0, 0.05) is 23.3 Å². The van der Waals surface area contributed by atoms with Crippen LogP contribution in [0, 0.1) is 6.92 Å². The minimum Gasteiger partial charge on any atom is -0.484 e. The summed E-state index contributed by atoms with van der Waals surface area (Å²) in [6.07, 6.45) is -4.33. The Labute approximate surface area is 171 Å². The van der Waals surface area contributed by atoms with Gasteiger partial charge >= 0.3 is 6.18 Å². The van der Waals surface area contributed by atoms with Crippen molar-refractivity contribution in [2.45, 2.75) is 26.2 Å². The normalized spacial score (nSPS) is 11.7. The zero-order chi connectivity index (χ0) is 18.3. The molecule has 1 aromatic carbocycles. The predicted molar refractivity (Wildman–Crippen MR) is 110 cm³/mol. The Morgan fingerprint density at radius 3 is 2.27 bits per heavy atom. The minimum absolute atomic E-state index is 0. The molecule has 0 fully saturated rings. The van der Waals surface area contributed by atoms with Crippen molar-refractivity contribution >= 4 is 41.3 Å². The van der Waals surface area contributed by atoms with Crippen LogP contribution >= 0.6 is 35.3 Å². The number of aliphatic imine (C=N–C) groups is 1. The number of alkyl halides is 3. The summed E-state index contributed by atoms with van der Waals surface area (Å²) in [6, 6.07) is 10.6. The molecule has 0 atom stereocenters. The number of halogens is 4. The molecule has 0 bridgehead atoms. The maximum Gasteiger partial charge on any atom is 0.422 e. The second kappa shape index (κ2) is 10.6. The third-order valence-corrected chi connectivity index (χ3v) is 4.24. The quantitative estimate of drug-likeness (QED) is 0.350. The van der Waals surface area contributed by atoms with Crippen LogP contribution in [0.15, 0.2) is 41.4 Å². The lowest BCUT2D eigenvalue weighted by Gasteiger charge is -2.12. The summed E-state index contributed by atoms with van der Waals surface area (Å²) in [5, 5.41) is 6.38. The Bertz CT molecular complexity index is 702. The van der Waals surface area contributed by atoms with Crippen LogP contribution in [-0.2, 0) is 13.1 Å². The van der Waals surface area contributed by atoms with Gasteiger partial charge in [0.05, 0.1) is 6.54 Å². The summed E-state index contributed by atoms with van der Waals surface area (Å²) < 4.78 is 41.0. The summed E-state index contributed by atoms with van der Waals surface area (Å²) in [5.41, 5.74) is 0.911. The third-order valence-electron chi connectivity index (χ3n) is 3.24. The van der Waals surface area contributed by atoms with Crippen LogP contribution in [0.1, 0.15) is 15.3 Å². The van der Waals surface area contributed by atoms with Gasteiger partial charge in [-0.2, -0.15) is 13.2 Å². The number of rotatable bonds is 6. The molecule has 26 heavy (non-hydrogen) atoms. The standard InChI is InChI=1S/C17H20F3N3OS.HI/c1-12-3-8-15(25-12)10-23-16(21-2)22-9-13-4-6-14(7-5-13)24-11-17(18,19)20;/h3-8H,9-11H2,1-2H3,(H2,21,22,23);1H. The molecule has 0 saturated carbocycles. The van der Waals surface area contributed by atoms with E-state index in [1.807, 2.05) is 0 Å². The maximum absolute atomic E-state index is 12.1. The lowest BCUT2D eigenvalue weighted by Crippen LogP contribution is -2.36. The van der Waals surface area contributed by atoms with Crippen LogP contribution in [0.25, 0.3) is 0 Å². The van der Waals surface area contributed by atoms with Gasteiger partial charge in [-0.05, 0) is 36.8 Å². The summed E-state index contributed by atoms with van der Waals surface area (Å²) >= 11 is 1.72. The van der Waals surface area contributed by atoms with Crippen molar-refractivity contribution in [1.82, 2.24) is 10.6 Å². The highest BCUT2D eigenvalue weighted by Gasteiger charge is 2.28. The number of guanidine groups is 1. The van der Waals surface area contributed by atoms with Gasteiger partial charge in [0.15, 0.2) is 12.6 Å². The number of thiophene rings is 1. The smallest absolute Gasteiger partial charge is 0.422 e.